The summed E-state index contributed by atoms with van der Waals surface area (Å²) >= 11 is 0. The van der Waals surface area contributed by atoms with E-state index >= 15 is 0 Å². The smallest absolute Gasteiger partial charge is 0.220 e. The molecule has 8 nitrogen and oxygen atoms in total. The first-order valence-electron chi connectivity index (χ1n) is 10.0. The zero-order chi connectivity index (χ0) is 21.0. The molecule has 154 valence electrons. The summed E-state index contributed by atoms with van der Waals surface area (Å²) in [6, 6.07) is 9.24. The van der Waals surface area contributed by atoms with Gasteiger partial charge in [0, 0.05) is 31.6 Å². The van der Waals surface area contributed by atoms with Crippen LogP contribution in [0.3, 0.4) is 0 Å². The van der Waals surface area contributed by atoms with Crippen LogP contribution in [0, 0.1) is 0 Å². The summed E-state index contributed by atoms with van der Waals surface area (Å²) in [6.45, 7) is 3.55. The molecule has 1 amide bonds. The van der Waals surface area contributed by atoms with Crippen molar-refractivity contribution in [1.29, 1.82) is 0 Å². The Hall–Kier alpha value is -3.23. The van der Waals surface area contributed by atoms with Crippen molar-refractivity contribution in [1.82, 2.24) is 24.3 Å². The molecule has 0 radical (unpaired) electrons. The average Bonchev–Trinajstić information content (AvgIpc) is 3.43. The van der Waals surface area contributed by atoms with Gasteiger partial charge < -0.3 is 20.1 Å². The van der Waals surface area contributed by atoms with Crippen LogP contribution in [0.15, 0.2) is 42.7 Å². The molecule has 1 saturated heterocycles. The molecule has 3 atom stereocenters. The number of hydrogen-bond donors (Lipinski definition) is 3. The second-order valence-electron chi connectivity index (χ2n) is 7.88. The Morgan fingerprint density at radius 1 is 1.23 bits per heavy atom. The number of fused-ring (bicyclic) bond motifs is 3. The summed E-state index contributed by atoms with van der Waals surface area (Å²) in [4.78, 5) is 26.5. The van der Waals surface area contributed by atoms with Crippen LogP contribution in [-0.2, 0) is 4.79 Å². The van der Waals surface area contributed by atoms with E-state index in [1.165, 1.54) is 6.92 Å². The average molecular weight is 405 g/mol. The fourth-order valence-electron chi connectivity index (χ4n) is 4.35. The third-order valence-electron chi connectivity index (χ3n) is 5.85. The van der Waals surface area contributed by atoms with E-state index in [-0.39, 0.29) is 11.9 Å². The van der Waals surface area contributed by atoms with Crippen LogP contribution in [0.2, 0.25) is 0 Å². The van der Waals surface area contributed by atoms with Gasteiger partial charge in [0.05, 0.1) is 41.2 Å². The maximum atomic E-state index is 12.2. The highest BCUT2D eigenvalue weighted by atomic mass is 16.3. The molecule has 8 heteroatoms. The van der Waals surface area contributed by atoms with Gasteiger partial charge in [-0.3, -0.25) is 9.20 Å². The van der Waals surface area contributed by atoms with Gasteiger partial charge >= 0.3 is 0 Å². The minimum absolute atomic E-state index is 0.0875. The van der Waals surface area contributed by atoms with Crippen LogP contribution in [0.5, 0.6) is 0 Å². The predicted octanol–water partition coefficient (Wildman–Crippen LogP) is 2.59. The Morgan fingerprint density at radius 3 is 2.70 bits per heavy atom. The molecule has 3 N–H and O–H groups in total. The van der Waals surface area contributed by atoms with Crippen LogP contribution in [0.4, 0.5) is 0 Å². The van der Waals surface area contributed by atoms with Gasteiger partial charge in [0.15, 0.2) is 5.65 Å². The number of carbonyl (C=O) groups is 1. The second kappa shape index (κ2) is 6.93. The quantitative estimate of drug-likeness (QED) is 0.486. The van der Waals surface area contributed by atoms with Gasteiger partial charge in [-0.1, -0.05) is 24.3 Å². The normalized spacial score (nSPS) is 20.3. The Balaban J connectivity index is 1.74. The SMILES string of the molecule is CC(=O)N1CC(O)CC1c1nc(-c2ccc(C(C)O)cc2)c2cnc3[nH]ccc3n12. The van der Waals surface area contributed by atoms with Crippen LogP contribution in [-0.4, -0.2) is 53.0 Å². The molecule has 5 rings (SSSR count). The third kappa shape index (κ3) is 2.88. The molecule has 0 aliphatic carbocycles. The molecular formula is C22H23N5O3. The number of nitrogens with zero attached hydrogens (tertiary/aromatic N) is 4. The lowest BCUT2D eigenvalue weighted by Crippen LogP contribution is -2.30. The minimum atomic E-state index is -0.580. The number of aliphatic hydroxyl groups is 2. The number of β-amino-alcohol motifs (C(OH)–C–C–N with tert-alkyl or cyclic N) is 1. The maximum absolute atomic E-state index is 12.2. The number of carbonyl (C=O) groups excluding carboxylic acids is 1. The molecule has 1 aliphatic heterocycles. The van der Waals surface area contributed by atoms with Gasteiger partial charge in [-0.2, -0.15) is 0 Å². The molecule has 0 spiro atoms. The molecule has 4 aromatic rings. The van der Waals surface area contributed by atoms with Gasteiger partial charge in [0.25, 0.3) is 0 Å². The van der Waals surface area contributed by atoms with Crippen molar-refractivity contribution in [3.05, 3.63) is 54.1 Å². The molecule has 1 fully saturated rings. The summed E-state index contributed by atoms with van der Waals surface area (Å²) in [5, 5.41) is 20.1. The van der Waals surface area contributed by atoms with Gasteiger partial charge in [-0.25, -0.2) is 9.97 Å². The number of aromatic nitrogens is 4. The van der Waals surface area contributed by atoms with Crippen molar-refractivity contribution in [3.8, 4) is 11.3 Å². The van der Waals surface area contributed by atoms with E-state index in [9.17, 15) is 15.0 Å². The minimum Gasteiger partial charge on any atom is -0.391 e. The molecule has 0 bridgehead atoms. The molecule has 1 aromatic carbocycles. The third-order valence-corrected chi connectivity index (χ3v) is 5.85. The number of rotatable bonds is 3. The molecule has 1 aliphatic rings. The number of nitrogens with one attached hydrogen (secondary N) is 1. The van der Waals surface area contributed by atoms with Crippen molar-refractivity contribution in [3.63, 3.8) is 0 Å². The second-order valence-corrected chi connectivity index (χ2v) is 7.88. The summed E-state index contributed by atoms with van der Waals surface area (Å²) in [5.74, 6) is 0.619. The van der Waals surface area contributed by atoms with E-state index in [1.807, 2.05) is 40.9 Å². The first-order valence-corrected chi connectivity index (χ1v) is 10.0. The number of aliphatic hydroxyl groups excluding tert-OH is 2. The largest absolute Gasteiger partial charge is 0.391 e. The van der Waals surface area contributed by atoms with Crippen molar-refractivity contribution in [2.75, 3.05) is 6.54 Å². The zero-order valence-electron chi connectivity index (χ0n) is 16.8. The van der Waals surface area contributed by atoms with Crippen LogP contribution in [0.25, 0.3) is 27.9 Å². The van der Waals surface area contributed by atoms with Crippen molar-refractivity contribution >= 4 is 22.6 Å². The summed E-state index contributed by atoms with van der Waals surface area (Å²) in [6.07, 6.45) is 2.91. The van der Waals surface area contributed by atoms with Gasteiger partial charge in [0.1, 0.15) is 5.82 Å². The van der Waals surface area contributed by atoms with Gasteiger partial charge in [0.2, 0.25) is 5.91 Å². The Bertz CT molecular complexity index is 1240. The van der Waals surface area contributed by atoms with Crippen molar-refractivity contribution in [2.45, 2.75) is 38.5 Å². The molecular weight excluding hydrogens is 382 g/mol. The van der Waals surface area contributed by atoms with E-state index in [2.05, 4.69) is 9.97 Å². The first-order chi connectivity index (χ1) is 14.4. The Kier molecular flexibility index (Phi) is 4.34. The highest BCUT2D eigenvalue weighted by Gasteiger charge is 2.37. The Labute approximate surface area is 172 Å². The first kappa shape index (κ1) is 18.8. The van der Waals surface area contributed by atoms with Crippen LogP contribution < -0.4 is 0 Å². The zero-order valence-corrected chi connectivity index (χ0v) is 16.8. The van der Waals surface area contributed by atoms with E-state index < -0.39 is 12.2 Å². The number of hydrogen-bond acceptors (Lipinski definition) is 5. The standard InChI is InChI=1S/C22H23N5O3/c1-12(28)14-3-5-15(6-4-14)20-19-10-24-21-17(7-8-23-21)27(19)22(25-20)18-9-16(30)11-26(18)13(2)29/h3-8,10,12,16,18,23,28,30H,9,11H2,1-2H3. The Morgan fingerprint density at radius 2 is 2.00 bits per heavy atom. The summed E-state index contributed by atoms with van der Waals surface area (Å²) in [7, 11) is 0. The molecule has 3 aromatic heterocycles. The van der Waals surface area contributed by atoms with Gasteiger partial charge in [-0.05, 0) is 18.6 Å². The highest BCUT2D eigenvalue weighted by Crippen LogP contribution is 2.36. The molecule has 4 heterocycles. The molecule has 3 unspecified atom stereocenters. The monoisotopic (exact) mass is 405 g/mol. The maximum Gasteiger partial charge on any atom is 0.220 e. The number of aromatic amines is 1. The lowest BCUT2D eigenvalue weighted by atomic mass is 10.1. The van der Waals surface area contributed by atoms with E-state index in [0.717, 1.165) is 33.5 Å². The summed E-state index contributed by atoms with van der Waals surface area (Å²) < 4.78 is 2.02. The fourth-order valence-corrected chi connectivity index (χ4v) is 4.35. The lowest BCUT2D eigenvalue weighted by molar-refractivity contribution is -0.130. The molecule has 0 saturated carbocycles. The summed E-state index contributed by atoms with van der Waals surface area (Å²) in [5.41, 5.74) is 4.90. The predicted molar refractivity (Wildman–Crippen MR) is 112 cm³/mol. The van der Waals surface area contributed by atoms with Crippen LogP contribution >= 0.6 is 0 Å². The number of likely N-dealkylation sites (tertiary alicyclic amines) is 1. The number of H-pyrrole nitrogens is 1. The van der Waals surface area contributed by atoms with E-state index in [4.69, 9.17) is 4.98 Å². The highest BCUT2D eigenvalue weighted by molar-refractivity contribution is 5.84. The van der Waals surface area contributed by atoms with Crippen molar-refractivity contribution in [2.24, 2.45) is 0 Å². The molecule has 30 heavy (non-hydrogen) atoms. The van der Waals surface area contributed by atoms with Gasteiger partial charge in [-0.15, -0.1) is 0 Å². The topological polar surface area (TPSA) is 107 Å². The number of benzene rings is 1. The van der Waals surface area contributed by atoms with E-state index in [0.29, 0.717) is 18.8 Å². The van der Waals surface area contributed by atoms with Crippen molar-refractivity contribution < 1.29 is 15.0 Å². The van der Waals surface area contributed by atoms with E-state index in [1.54, 1.807) is 18.0 Å². The van der Waals surface area contributed by atoms with Crippen LogP contribution in [0.1, 0.15) is 43.8 Å². The number of amides is 1. The fraction of sp³-hybridized carbons (Fsp3) is 0.318. The number of imidazole rings is 1. The lowest BCUT2D eigenvalue weighted by Gasteiger charge is -2.22.